The highest BCUT2D eigenvalue weighted by Gasteiger charge is 2.30. The number of benzene rings is 1. The number of hydrogen-bond donors (Lipinski definition) is 0. The zero-order valence-electron chi connectivity index (χ0n) is 10.1. The minimum Gasteiger partial charge on any atom is -0.269 e. The summed E-state index contributed by atoms with van der Waals surface area (Å²) in [5.74, 6) is 1.46. The average molecular weight is 271 g/mol. The fourth-order valence-electron chi connectivity index (χ4n) is 2.41. The van der Waals surface area contributed by atoms with Crippen LogP contribution in [0, 0.1) is 0 Å². The molecule has 2 aromatic heterocycles. The van der Waals surface area contributed by atoms with Crippen molar-refractivity contribution in [2.45, 2.75) is 18.8 Å². The Kier molecular flexibility index (Phi) is 2.32. The van der Waals surface area contributed by atoms with Crippen molar-refractivity contribution in [3.63, 3.8) is 0 Å². The molecule has 2 heterocycles. The van der Waals surface area contributed by atoms with Crippen molar-refractivity contribution in [2.24, 2.45) is 0 Å². The molecule has 94 valence electrons. The third-order valence-corrected chi connectivity index (χ3v) is 3.73. The second kappa shape index (κ2) is 4.03. The molecule has 0 bridgehead atoms. The molecule has 0 spiro atoms. The van der Waals surface area contributed by atoms with Crippen LogP contribution in [0.3, 0.4) is 0 Å². The molecule has 0 atom stereocenters. The summed E-state index contributed by atoms with van der Waals surface area (Å²) in [7, 11) is 0. The second-order valence-corrected chi connectivity index (χ2v) is 5.15. The van der Waals surface area contributed by atoms with Gasteiger partial charge in [0.25, 0.3) is 0 Å². The van der Waals surface area contributed by atoms with Crippen LogP contribution in [0.25, 0.3) is 16.5 Å². The maximum Gasteiger partial charge on any atom is 0.229 e. The quantitative estimate of drug-likeness (QED) is 0.717. The lowest BCUT2D eigenvalue weighted by atomic mass is 10.1. The molecule has 0 radical (unpaired) electrons. The molecular formula is C14H11ClN4. The molecule has 1 fully saturated rings. The van der Waals surface area contributed by atoms with Gasteiger partial charge in [0.1, 0.15) is 5.82 Å². The van der Waals surface area contributed by atoms with Crippen LogP contribution < -0.4 is 0 Å². The summed E-state index contributed by atoms with van der Waals surface area (Å²) in [5, 5.41) is 10.9. The first kappa shape index (κ1) is 10.9. The van der Waals surface area contributed by atoms with Crippen molar-refractivity contribution in [1.82, 2.24) is 19.7 Å². The Morgan fingerprint density at radius 2 is 2.05 bits per heavy atom. The van der Waals surface area contributed by atoms with E-state index in [0.29, 0.717) is 11.2 Å². The highest BCUT2D eigenvalue weighted by molar-refractivity contribution is 6.28. The molecule has 1 aliphatic carbocycles. The maximum atomic E-state index is 6.23. The van der Waals surface area contributed by atoms with Gasteiger partial charge in [0.05, 0.1) is 5.69 Å². The number of pyridine rings is 1. The predicted molar refractivity (Wildman–Crippen MR) is 73.6 cm³/mol. The standard InChI is InChI=1S/C14H11ClN4/c15-14-18-17-13(9-4-5-9)19(14)12-3-1-2-10-8-16-7-6-11(10)12/h1-3,6-9H,4-5H2. The lowest BCUT2D eigenvalue weighted by molar-refractivity contribution is 0.875. The summed E-state index contributed by atoms with van der Waals surface area (Å²) in [6, 6.07) is 8.09. The molecule has 4 rings (SSSR count). The van der Waals surface area contributed by atoms with Crippen LogP contribution in [0.1, 0.15) is 24.6 Å². The van der Waals surface area contributed by atoms with E-state index in [2.05, 4.69) is 15.2 Å². The number of aromatic nitrogens is 4. The summed E-state index contributed by atoms with van der Waals surface area (Å²) in [5.41, 5.74) is 1.02. The lowest BCUT2D eigenvalue weighted by Gasteiger charge is -2.10. The van der Waals surface area contributed by atoms with E-state index in [0.717, 1.165) is 22.3 Å². The van der Waals surface area contributed by atoms with Crippen molar-refractivity contribution >= 4 is 22.4 Å². The zero-order valence-corrected chi connectivity index (χ0v) is 10.9. The molecule has 1 aliphatic rings. The van der Waals surface area contributed by atoms with Crippen molar-refractivity contribution in [2.75, 3.05) is 0 Å². The minimum atomic E-state index is 0.422. The Morgan fingerprint density at radius 3 is 2.89 bits per heavy atom. The molecule has 1 aromatic carbocycles. The van der Waals surface area contributed by atoms with E-state index in [1.54, 1.807) is 6.20 Å². The second-order valence-electron chi connectivity index (χ2n) is 4.81. The summed E-state index contributed by atoms with van der Waals surface area (Å²) in [6.07, 6.45) is 5.98. The Labute approximate surface area is 115 Å². The van der Waals surface area contributed by atoms with E-state index >= 15 is 0 Å². The van der Waals surface area contributed by atoms with Crippen molar-refractivity contribution in [3.05, 3.63) is 47.8 Å². The molecular weight excluding hydrogens is 260 g/mol. The van der Waals surface area contributed by atoms with E-state index in [1.165, 1.54) is 12.8 Å². The van der Waals surface area contributed by atoms with Crippen molar-refractivity contribution in [3.8, 4) is 5.69 Å². The zero-order chi connectivity index (χ0) is 12.8. The van der Waals surface area contributed by atoms with Gasteiger partial charge in [-0.2, -0.15) is 0 Å². The number of nitrogens with zero attached hydrogens (tertiary/aromatic N) is 4. The Morgan fingerprint density at radius 1 is 1.16 bits per heavy atom. The molecule has 0 N–H and O–H groups in total. The Bertz CT molecular complexity index is 756. The van der Waals surface area contributed by atoms with Crippen LogP contribution in [-0.2, 0) is 0 Å². The van der Waals surface area contributed by atoms with Gasteiger partial charge < -0.3 is 0 Å². The van der Waals surface area contributed by atoms with Gasteiger partial charge in [-0.15, -0.1) is 10.2 Å². The van der Waals surface area contributed by atoms with Crippen LogP contribution in [0.2, 0.25) is 5.28 Å². The number of halogens is 1. The number of hydrogen-bond acceptors (Lipinski definition) is 3. The number of rotatable bonds is 2. The van der Waals surface area contributed by atoms with E-state index < -0.39 is 0 Å². The normalized spacial score (nSPS) is 15.0. The lowest BCUT2D eigenvalue weighted by Crippen LogP contribution is -2.01. The fourth-order valence-corrected chi connectivity index (χ4v) is 2.62. The van der Waals surface area contributed by atoms with Crippen LogP contribution in [0.15, 0.2) is 36.7 Å². The van der Waals surface area contributed by atoms with E-state index in [9.17, 15) is 0 Å². The van der Waals surface area contributed by atoms with Gasteiger partial charge in [-0.1, -0.05) is 12.1 Å². The summed E-state index contributed by atoms with van der Waals surface area (Å²) < 4.78 is 1.96. The van der Waals surface area contributed by atoms with Crippen molar-refractivity contribution < 1.29 is 0 Å². The van der Waals surface area contributed by atoms with Gasteiger partial charge in [0, 0.05) is 29.1 Å². The van der Waals surface area contributed by atoms with Gasteiger partial charge in [-0.05, 0) is 36.6 Å². The Hall–Kier alpha value is -1.94. The molecule has 3 aromatic rings. The smallest absolute Gasteiger partial charge is 0.229 e. The predicted octanol–water partition coefficient (Wildman–Crippen LogP) is 3.35. The fraction of sp³-hybridized carbons (Fsp3) is 0.214. The first-order valence-electron chi connectivity index (χ1n) is 6.28. The van der Waals surface area contributed by atoms with Gasteiger partial charge in [-0.25, -0.2) is 0 Å². The van der Waals surface area contributed by atoms with Gasteiger partial charge in [0.2, 0.25) is 5.28 Å². The third-order valence-electron chi connectivity index (χ3n) is 3.49. The molecule has 1 saturated carbocycles. The minimum absolute atomic E-state index is 0.422. The average Bonchev–Trinajstić information content (AvgIpc) is 3.22. The summed E-state index contributed by atoms with van der Waals surface area (Å²) in [4.78, 5) is 4.15. The Balaban J connectivity index is 2.02. The van der Waals surface area contributed by atoms with Crippen LogP contribution in [0.4, 0.5) is 0 Å². The third kappa shape index (κ3) is 1.71. The van der Waals surface area contributed by atoms with Crippen LogP contribution >= 0.6 is 11.6 Å². The van der Waals surface area contributed by atoms with Gasteiger partial charge in [0.15, 0.2) is 0 Å². The maximum absolute atomic E-state index is 6.23. The summed E-state index contributed by atoms with van der Waals surface area (Å²) >= 11 is 6.23. The van der Waals surface area contributed by atoms with Crippen LogP contribution in [0.5, 0.6) is 0 Å². The molecule has 0 unspecified atom stereocenters. The molecule has 0 aliphatic heterocycles. The van der Waals surface area contributed by atoms with E-state index in [1.807, 2.05) is 35.0 Å². The monoisotopic (exact) mass is 270 g/mol. The molecule has 5 heteroatoms. The largest absolute Gasteiger partial charge is 0.269 e. The highest BCUT2D eigenvalue weighted by Crippen LogP contribution is 2.41. The molecule has 0 saturated heterocycles. The number of fused-ring (bicyclic) bond motifs is 1. The molecule has 0 amide bonds. The molecule has 4 nitrogen and oxygen atoms in total. The van der Waals surface area contributed by atoms with E-state index in [-0.39, 0.29) is 0 Å². The summed E-state index contributed by atoms with van der Waals surface area (Å²) in [6.45, 7) is 0. The van der Waals surface area contributed by atoms with Gasteiger partial charge in [-0.3, -0.25) is 9.55 Å². The van der Waals surface area contributed by atoms with Crippen molar-refractivity contribution in [1.29, 1.82) is 0 Å². The first-order chi connectivity index (χ1) is 9.34. The first-order valence-corrected chi connectivity index (χ1v) is 6.66. The van der Waals surface area contributed by atoms with E-state index in [4.69, 9.17) is 11.6 Å². The topological polar surface area (TPSA) is 43.6 Å². The SMILES string of the molecule is Clc1nnc(C2CC2)n1-c1cccc2cnccc12. The highest BCUT2D eigenvalue weighted by atomic mass is 35.5. The van der Waals surface area contributed by atoms with Crippen LogP contribution in [-0.4, -0.2) is 19.7 Å². The molecule has 19 heavy (non-hydrogen) atoms. The van der Waals surface area contributed by atoms with Gasteiger partial charge >= 0.3 is 0 Å².